The maximum absolute atomic E-state index is 12.6. The van der Waals surface area contributed by atoms with Gasteiger partial charge in [0, 0.05) is 18.2 Å². The van der Waals surface area contributed by atoms with Crippen molar-refractivity contribution < 1.29 is 8.42 Å². The summed E-state index contributed by atoms with van der Waals surface area (Å²) in [5.74, 6) is 0. The van der Waals surface area contributed by atoms with Crippen LogP contribution in [0.2, 0.25) is 5.02 Å². The molecule has 0 atom stereocenters. The molecule has 0 bridgehead atoms. The monoisotopic (exact) mass is 332 g/mol. The third-order valence-electron chi connectivity index (χ3n) is 3.21. The molecule has 1 aromatic carbocycles. The lowest BCUT2D eigenvalue weighted by atomic mass is 10.2. The van der Waals surface area contributed by atoms with E-state index in [2.05, 4.69) is 0 Å². The number of thiocarbonyl (C=S) groups is 1. The number of sulfonamides is 1. The van der Waals surface area contributed by atoms with Crippen LogP contribution in [0.3, 0.4) is 0 Å². The van der Waals surface area contributed by atoms with E-state index >= 15 is 0 Å². The zero-order valence-corrected chi connectivity index (χ0v) is 13.6. The third kappa shape index (κ3) is 3.14. The summed E-state index contributed by atoms with van der Waals surface area (Å²) in [6.07, 6.45) is 2.64. The minimum atomic E-state index is -3.50. The molecule has 4 nitrogen and oxygen atoms in total. The second kappa shape index (κ2) is 5.97. The summed E-state index contributed by atoms with van der Waals surface area (Å²) >= 11 is 10.9. The normalized spacial score (nSPS) is 15.6. The highest BCUT2D eigenvalue weighted by molar-refractivity contribution is 7.89. The van der Waals surface area contributed by atoms with Gasteiger partial charge in [0.1, 0.15) is 4.99 Å². The van der Waals surface area contributed by atoms with Crippen LogP contribution in [0.15, 0.2) is 23.1 Å². The molecule has 20 heavy (non-hydrogen) atoms. The van der Waals surface area contributed by atoms with Gasteiger partial charge in [-0.1, -0.05) is 30.7 Å². The van der Waals surface area contributed by atoms with Crippen molar-refractivity contribution in [1.29, 1.82) is 0 Å². The fourth-order valence-corrected chi connectivity index (χ4v) is 4.46. The molecule has 1 saturated carbocycles. The lowest BCUT2D eigenvalue weighted by Crippen LogP contribution is -2.33. The SMILES string of the molecule is CCCN(C1CC1)S(=O)(=O)c1ccc(C(N)=S)c(Cl)c1. The smallest absolute Gasteiger partial charge is 0.243 e. The molecule has 0 saturated heterocycles. The Morgan fingerprint density at radius 1 is 1.50 bits per heavy atom. The lowest BCUT2D eigenvalue weighted by molar-refractivity contribution is 0.403. The fourth-order valence-electron chi connectivity index (χ4n) is 2.07. The number of benzene rings is 1. The second-order valence-electron chi connectivity index (χ2n) is 4.85. The standard InChI is InChI=1S/C13H17ClN2O2S2/c1-2-7-16(9-3-4-9)20(17,18)10-5-6-11(13(15)19)12(14)8-10/h5-6,8-9H,2-4,7H2,1H3,(H2,15,19). The van der Waals surface area contributed by atoms with Gasteiger partial charge in [-0.15, -0.1) is 0 Å². The zero-order chi connectivity index (χ0) is 14.9. The number of nitrogens with zero attached hydrogens (tertiary/aromatic N) is 1. The summed E-state index contributed by atoms with van der Waals surface area (Å²) in [5, 5.41) is 0.269. The van der Waals surface area contributed by atoms with Crippen molar-refractivity contribution in [3.63, 3.8) is 0 Å². The minimum Gasteiger partial charge on any atom is -0.389 e. The van der Waals surface area contributed by atoms with Crippen LogP contribution in [-0.4, -0.2) is 30.3 Å². The molecule has 1 aliphatic rings. The highest BCUT2D eigenvalue weighted by atomic mass is 35.5. The van der Waals surface area contributed by atoms with Crippen LogP contribution in [0.4, 0.5) is 0 Å². The zero-order valence-electron chi connectivity index (χ0n) is 11.2. The molecule has 7 heteroatoms. The number of hydrogen-bond acceptors (Lipinski definition) is 3. The van der Waals surface area contributed by atoms with E-state index in [-0.39, 0.29) is 20.9 Å². The number of nitrogens with two attached hydrogens (primary N) is 1. The van der Waals surface area contributed by atoms with Gasteiger partial charge in [0.2, 0.25) is 10.0 Å². The van der Waals surface area contributed by atoms with Crippen molar-refractivity contribution >= 4 is 38.8 Å². The summed E-state index contributed by atoms with van der Waals surface area (Å²) in [7, 11) is -3.50. The third-order valence-corrected chi connectivity index (χ3v) is 5.69. The Hall–Kier alpha value is -0.690. The fraction of sp³-hybridized carbons (Fsp3) is 0.462. The van der Waals surface area contributed by atoms with Crippen molar-refractivity contribution in [2.45, 2.75) is 37.1 Å². The number of hydrogen-bond donors (Lipinski definition) is 1. The Morgan fingerprint density at radius 2 is 2.15 bits per heavy atom. The number of rotatable bonds is 6. The molecule has 0 aromatic heterocycles. The Kier molecular flexibility index (Phi) is 4.69. The van der Waals surface area contributed by atoms with E-state index in [9.17, 15) is 8.42 Å². The van der Waals surface area contributed by atoms with Crippen molar-refractivity contribution in [1.82, 2.24) is 4.31 Å². The molecule has 1 fully saturated rings. The maximum Gasteiger partial charge on any atom is 0.243 e. The van der Waals surface area contributed by atoms with Crippen molar-refractivity contribution in [2.75, 3.05) is 6.54 Å². The summed E-state index contributed by atoms with van der Waals surface area (Å²) in [4.78, 5) is 0.356. The van der Waals surface area contributed by atoms with Gasteiger partial charge in [-0.2, -0.15) is 4.31 Å². The molecule has 2 rings (SSSR count). The molecule has 1 aromatic rings. The predicted octanol–water partition coefficient (Wildman–Crippen LogP) is 2.54. The van der Waals surface area contributed by atoms with Gasteiger partial charge in [-0.3, -0.25) is 0 Å². The molecule has 1 aliphatic carbocycles. The van der Waals surface area contributed by atoms with Gasteiger partial charge in [-0.25, -0.2) is 8.42 Å². The van der Waals surface area contributed by atoms with E-state index in [1.165, 1.54) is 12.1 Å². The molecule has 2 N–H and O–H groups in total. The maximum atomic E-state index is 12.6. The van der Waals surface area contributed by atoms with E-state index in [1.54, 1.807) is 10.4 Å². The summed E-state index contributed by atoms with van der Waals surface area (Å²) < 4.78 is 26.8. The molecule has 0 unspecified atom stereocenters. The van der Waals surface area contributed by atoms with Gasteiger partial charge >= 0.3 is 0 Å². The Labute approximate surface area is 130 Å². The first-order valence-corrected chi connectivity index (χ1v) is 8.71. The Bertz CT molecular complexity index is 627. The number of halogens is 1. The van der Waals surface area contributed by atoms with Crippen molar-refractivity contribution in [3.05, 3.63) is 28.8 Å². The molecule has 110 valence electrons. The first kappa shape index (κ1) is 15.7. The molecule has 0 spiro atoms. The van der Waals surface area contributed by atoms with Crippen LogP contribution in [-0.2, 0) is 10.0 Å². The van der Waals surface area contributed by atoms with Crippen molar-refractivity contribution in [3.8, 4) is 0 Å². The topological polar surface area (TPSA) is 63.4 Å². The van der Waals surface area contributed by atoms with Crippen LogP contribution in [0.25, 0.3) is 0 Å². The largest absolute Gasteiger partial charge is 0.389 e. The van der Waals surface area contributed by atoms with Gasteiger partial charge in [0.05, 0.1) is 9.92 Å². The highest BCUT2D eigenvalue weighted by Gasteiger charge is 2.37. The molecule has 0 aliphatic heterocycles. The van der Waals surface area contributed by atoms with Crippen LogP contribution in [0.5, 0.6) is 0 Å². The van der Waals surface area contributed by atoms with Gasteiger partial charge in [-0.05, 0) is 37.5 Å². The average Bonchev–Trinajstić information content (AvgIpc) is 3.19. The van der Waals surface area contributed by atoms with Crippen molar-refractivity contribution in [2.24, 2.45) is 5.73 Å². The Morgan fingerprint density at radius 3 is 2.60 bits per heavy atom. The van der Waals surface area contributed by atoms with E-state index in [1.807, 2.05) is 6.92 Å². The second-order valence-corrected chi connectivity index (χ2v) is 7.59. The van der Waals surface area contributed by atoms with Crippen LogP contribution in [0.1, 0.15) is 31.7 Å². The molecular formula is C13H17ClN2O2S2. The first-order valence-electron chi connectivity index (χ1n) is 6.49. The van der Waals surface area contributed by atoms with Gasteiger partial charge in [0.15, 0.2) is 0 Å². The Balaban J connectivity index is 2.38. The van der Waals surface area contributed by atoms with E-state index in [0.717, 1.165) is 19.3 Å². The van der Waals surface area contributed by atoms with E-state index in [0.29, 0.717) is 12.1 Å². The highest BCUT2D eigenvalue weighted by Crippen LogP contribution is 2.33. The quantitative estimate of drug-likeness (QED) is 0.813. The first-order chi connectivity index (χ1) is 9.37. The summed E-state index contributed by atoms with van der Waals surface area (Å²) in [6.45, 7) is 2.50. The van der Waals surface area contributed by atoms with Crippen LogP contribution in [0, 0.1) is 0 Å². The lowest BCUT2D eigenvalue weighted by Gasteiger charge is -2.21. The van der Waals surface area contributed by atoms with Gasteiger partial charge in [0.25, 0.3) is 0 Å². The summed E-state index contributed by atoms with van der Waals surface area (Å²) in [5.41, 5.74) is 6.02. The predicted molar refractivity (Wildman–Crippen MR) is 84.5 cm³/mol. The summed E-state index contributed by atoms with van der Waals surface area (Å²) in [6, 6.07) is 4.64. The molecular weight excluding hydrogens is 316 g/mol. The average molecular weight is 333 g/mol. The molecule has 0 heterocycles. The van der Waals surface area contributed by atoms with Crippen LogP contribution < -0.4 is 5.73 Å². The van der Waals surface area contributed by atoms with E-state index in [4.69, 9.17) is 29.6 Å². The molecule has 0 radical (unpaired) electrons. The van der Waals surface area contributed by atoms with E-state index < -0.39 is 10.0 Å². The van der Waals surface area contributed by atoms with Crippen LogP contribution >= 0.6 is 23.8 Å². The van der Waals surface area contributed by atoms with Gasteiger partial charge < -0.3 is 5.73 Å². The minimum absolute atomic E-state index is 0.133. The molecule has 0 amide bonds.